The third-order valence-corrected chi connectivity index (χ3v) is 6.74. The first-order chi connectivity index (χ1) is 15.6. The molecule has 32 heavy (non-hydrogen) atoms. The third kappa shape index (κ3) is 6.96. The molecule has 0 amide bonds. The predicted molar refractivity (Wildman–Crippen MR) is 128 cm³/mol. The van der Waals surface area contributed by atoms with E-state index in [0.717, 1.165) is 63.5 Å². The second-order valence-corrected chi connectivity index (χ2v) is 9.50. The zero-order chi connectivity index (χ0) is 22.2. The first-order valence-electron chi connectivity index (χ1n) is 12.2. The van der Waals surface area contributed by atoms with Gasteiger partial charge >= 0.3 is 0 Å². The van der Waals surface area contributed by atoms with Crippen molar-refractivity contribution >= 4 is 0 Å². The van der Waals surface area contributed by atoms with E-state index in [0.29, 0.717) is 6.61 Å². The Kier molecular flexibility index (Phi) is 8.06. The van der Waals surface area contributed by atoms with Crippen LogP contribution in [0.2, 0.25) is 0 Å². The summed E-state index contributed by atoms with van der Waals surface area (Å²) in [7, 11) is 0. The third-order valence-electron chi connectivity index (χ3n) is 6.74. The normalized spacial score (nSPS) is 22.6. The summed E-state index contributed by atoms with van der Waals surface area (Å²) in [5.41, 5.74) is 1.74. The van der Waals surface area contributed by atoms with Crippen molar-refractivity contribution in [3.05, 3.63) is 59.7 Å². The molecule has 5 nitrogen and oxygen atoms in total. The Labute approximate surface area is 192 Å². The summed E-state index contributed by atoms with van der Waals surface area (Å²) in [6.07, 6.45) is 5.13. The minimum absolute atomic E-state index is 0.355. The molecule has 0 aliphatic carbocycles. The van der Waals surface area contributed by atoms with Gasteiger partial charge in [-0.05, 0) is 88.5 Å². The first kappa shape index (κ1) is 23.1. The molecule has 0 saturated carbocycles. The molecule has 0 radical (unpaired) electrons. The fourth-order valence-corrected chi connectivity index (χ4v) is 4.64. The molecule has 2 aliphatic rings. The average Bonchev–Trinajstić information content (AvgIpc) is 3.25. The van der Waals surface area contributed by atoms with Gasteiger partial charge in [-0.15, -0.1) is 0 Å². The van der Waals surface area contributed by atoms with Crippen LogP contribution in [-0.2, 0) is 6.54 Å². The highest BCUT2D eigenvalue weighted by Crippen LogP contribution is 2.25. The smallest absolute Gasteiger partial charge is 0.119 e. The molecule has 2 aliphatic heterocycles. The number of aryl methyl sites for hydroxylation is 1. The Hall–Kier alpha value is -2.08. The Morgan fingerprint density at radius 1 is 0.781 bits per heavy atom. The van der Waals surface area contributed by atoms with Crippen LogP contribution in [0, 0.1) is 6.92 Å². The molecule has 2 aromatic carbocycles. The Bertz CT molecular complexity index is 818. The van der Waals surface area contributed by atoms with Crippen LogP contribution >= 0.6 is 0 Å². The van der Waals surface area contributed by atoms with Crippen molar-refractivity contribution < 1.29 is 14.6 Å². The number of hydrogen-bond acceptors (Lipinski definition) is 5. The summed E-state index contributed by atoms with van der Waals surface area (Å²) < 4.78 is 11.8. The van der Waals surface area contributed by atoms with E-state index in [-0.39, 0.29) is 0 Å². The lowest BCUT2D eigenvalue weighted by atomic mass is 9.96. The fraction of sp³-hybridized carbons (Fsp3) is 0.556. The average molecular weight is 439 g/mol. The number of aliphatic hydroxyl groups is 1. The predicted octanol–water partition coefficient (Wildman–Crippen LogP) is 4.27. The fourth-order valence-electron chi connectivity index (χ4n) is 4.64. The van der Waals surface area contributed by atoms with Crippen molar-refractivity contribution in [1.29, 1.82) is 0 Å². The zero-order valence-electron chi connectivity index (χ0n) is 19.5. The van der Waals surface area contributed by atoms with Gasteiger partial charge in [0, 0.05) is 19.6 Å². The molecule has 2 fully saturated rings. The van der Waals surface area contributed by atoms with Gasteiger partial charge in [-0.25, -0.2) is 0 Å². The molecular weight excluding hydrogens is 400 g/mol. The topological polar surface area (TPSA) is 45.2 Å². The van der Waals surface area contributed by atoms with Crippen LogP contribution < -0.4 is 9.47 Å². The van der Waals surface area contributed by atoms with Crippen molar-refractivity contribution in [2.45, 2.75) is 51.2 Å². The zero-order valence-corrected chi connectivity index (χ0v) is 19.5. The van der Waals surface area contributed by atoms with E-state index in [2.05, 4.69) is 41.0 Å². The minimum Gasteiger partial charge on any atom is -0.492 e. The van der Waals surface area contributed by atoms with Crippen LogP contribution in [0.5, 0.6) is 11.5 Å². The van der Waals surface area contributed by atoms with E-state index < -0.39 is 5.60 Å². The van der Waals surface area contributed by atoms with E-state index in [1.165, 1.54) is 37.1 Å². The molecular formula is C27H38N2O3. The number of nitrogens with zero attached hydrogens (tertiary/aromatic N) is 2. The highest BCUT2D eigenvalue weighted by Gasteiger charge is 2.31. The van der Waals surface area contributed by atoms with E-state index >= 15 is 0 Å². The molecule has 4 rings (SSSR count). The summed E-state index contributed by atoms with van der Waals surface area (Å²) in [4.78, 5) is 4.91. The van der Waals surface area contributed by atoms with Gasteiger partial charge in [0.15, 0.2) is 0 Å². The lowest BCUT2D eigenvalue weighted by molar-refractivity contribution is -0.0168. The Morgan fingerprint density at radius 2 is 1.44 bits per heavy atom. The van der Waals surface area contributed by atoms with Crippen LogP contribution in [0.25, 0.3) is 0 Å². The quantitative estimate of drug-likeness (QED) is 0.634. The SMILES string of the molecule is Cc1ccc(OCC2(O)CCCN(Cc3ccc(OCCN4CCCC4)cc3)CC2)cc1. The molecule has 1 atom stereocenters. The van der Waals surface area contributed by atoms with E-state index in [1.807, 2.05) is 24.3 Å². The number of benzene rings is 2. The molecule has 174 valence electrons. The highest BCUT2D eigenvalue weighted by atomic mass is 16.5. The number of rotatable bonds is 9. The maximum atomic E-state index is 11.1. The minimum atomic E-state index is -0.757. The van der Waals surface area contributed by atoms with Crippen LogP contribution in [0.1, 0.15) is 43.2 Å². The number of ether oxygens (including phenoxy) is 2. The number of hydrogen-bond donors (Lipinski definition) is 1. The molecule has 5 heteroatoms. The lowest BCUT2D eigenvalue weighted by Crippen LogP contribution is -2.37. The van der Waals surface area contributed by atoms with Crippen LogP contribution in [-0.4, -0.2) is 66.4 Å². The standard InChI is InChI=1S/C27H38N2O3/c1-23-5-9-26(10-6-23)32-22-27(30)13-4-17-29(18-14-27)21-24-7-11-25(12-8-24)31-20-19-28-15-2-3-16-28/h5-12,30H,2-4,13-22H2,1H3. The van der Waals surface area contributed by atoms with Crippen LogP contribution in [0.15, 0.2) is 48.5 Å². The van der Waals surface area contributed by atoms with Crippen molar-refractivity contribution in [3.63, 3.8) is 0 Å². The largest absolute Gasteiger partial charge is 0.492 e. The van der Waals surface area contributed by atoms with Gasteiger partial charge in [0.25, 0.3) is 0 Å². The first-order valence-corrected chi connectivity index (χ1v) is 12.2. The van der Waals surface area contributed by atoms with Crippen LogP contribution in [0.3, 0.4) is 0 Å². The van der Waals surface area contributed by atoms with Crippen LogP contribution in [0.4, 0.5) is 0 Å². The van der Waals surface area contributed by atoms with Gasteiger partial charge in [-0.2, -0.15) is 0 Å². The molecule has 1 N–H and O–H groups in total. The van der Waals surface area contributed by atoms with Crippen molar-refractivity contribution in [3.8, 4) is 11.5 Å². The van der Waals surface area contributed by atoms with Gasteiger partial charge in [0.2, 0.25) is 0 Å². The maximum Gasteiger partial charge on any atom is 0.119 e. The van der Waals surface area contributed by atoms with Crippen molar-refractivity contribution in [1.82, 2.24) is 9.80 Å². The Balaban J connectivity index is 1.20. The van der Waals surface area contributed by atoms with Crippen molar-refractivity contribution in [2.24, 2.45) is 0 Å². The molecule has 2 saturated heterocycles. The molecule has 0 spiro atoms. The van der Waals surface area contributed by atoms with E-state index in [4.69, 9.17) is 9.47 Å². The summed E-state index contributed by atoms with van der Waals surface area (Å²) >= 11 is 0. The van der Waals surface area contributed by atoms with Gasteiger partial charge in [-0.3, -0.25) is 9.80 Å². The van der Waals surface area contributed by atoms with E-state index in [9.17, 15) is 5.11 Å². The maximum absolute atomic E-state index is 11.1. The van der Waals surface area contributed by atoms with Gasteiger partial charge in [0.1, 0.15) is 24.7 Å². The molecule has 0 bridgehead atoms. The molecule has 2 aromatic rings. The Morgan fingerprint density at radius 3 is 2.19 bits per heavy atom. The lowest BCUT2D eigenvalue weighted by Gasteiger charge is -2.27. The second kappa shape index (κ2) is 11.2. The molecule has 1 unspecified atom stereocenters. The monoisotopic (exact) mass is 438 g/mol. The van der Waals surface area contributed by atoms with Gasteiger partial charge in [-0.1, -0.05) is 29.8 Å². The summed E-state index contributed by atoms with van der Waals surface area (Å²) in [6.45, 7) is 9.41. The second-order valence-electron chi connectivity index (χ2n) is 9.50. The molecule has 0 aromatic heterocycles. The van der Waals surface area contributed by atoms with Crippen molar-refractivity contribution in [2.75, 3.05) is 45.9 Å². The van der Waals surface area contributed by atoms with E-state index in [1.54, 1.807) is 0 Å². The summed E-state index contributed by atoms with van der Waals surface area (Å²) in [5.74, 6) is 1.78. The van der Waals surface area contributed by atoms with Gasteiger partial charge in [0.05, 0.1) is 5.60 Å². The summed E-state index contributed by atoms with van der Waals surface area (Å²) in [6, 6.07) is 16.5. The highest BCUT2D eigenvalue weighted by molar-refractivity contribution is 5.27. The molecule has 2 heterocycles. The summed E-state index contributed by atoms with van der Waals surface area (Å²) in [5, 5.41) is 11.1. The number of likely N-dealkylation sites (tertiary alicyclic amines) is 2. The van der Waals surface area contributed by atoms with Gasteiger partial charge < -0.3 is 14.6 Å².